The molecule has 27 heavy (non-hydrogen) atoms. The number of carbonyl (C=O) groups excluding carboxylic acids is 1. The number of carbonyl (C=O) groups is 1. The van der Waals surface area contributed by atoms with Crippen molar-refractivity contribution in [1.82, 2.24) is 14.8 Å². The van der Waals surface area contributed by atoms with Crippen LogP contribution in [0.25, 0.3) is 0 Å². The van der Waals surface area contributed by atoms with Crippen molar-refractivity contribution in [2.75, 3.05) is 5.32 Å². The van der Waals surface area contributed by atoms with Crippen LogP contribution >= 0.6 is 0 Å². The van der Waals surface area contributed by atoms with E-state index in [-0.39, 0.29) is 17.5 Å². The highest BCUT2D eigenvalue weighted by Gasteiger charge is 2.40. The second kappa shape index (κ2) is 6.16. The van der Waals surface area contributed by atoms with Crippen LogP contribution < -0.4 is 5.32 Å². The molecule has 2 atom stereocenters. The first kappa shape index (κ1) is 15.9. The summed E-state index contributed by atoms with van der Waals surface area (Å²) in [6.07, 6.45) is 2.51. The molecule has 0 amide bonds. The van der Waals surface area contributed by atoms with Crippen molar-refractivity contribution in [3.63, 3.8) is 0 Å². The molecule has 0 unspecified atom stereocenters. The summed E-state index contributed by atoms with van der Waals surface area (Å²) >= 11 is 0. The van der Waals surface area contributed by atoms with Gasteiger partial charge in [-0.2, -0.15) is 10.1 Å². The highest BCUT2D eigenvalue weighted by Crippen LogP contribution is 2.44. The minimum absolute atomic E-state index is 0.0204. The first-order chi connectivity index (χ1) is 13.2. The van der Waals surface area contributed by atoms with Gasteiger partial charge in [-0.1, -0.05) is 48.5 Å². The molecule has 1 N–H and O–H groups in total. The molecule has 0 radical (unpaired) electrons. The lowest BCUT2D eigenvalue weighted by Crippen LogP contribution is -2.34. The number of ketones is 1. The van der Waals surface area contributed by atoms with Crippen molar-refractivity contribution >= 4 is 11.7 Å². The standard InChI is InChI=1S/C21H17FN4O/c22-16-9-5-4-8-15(16)20-19-17(25-21-23-12-24-26(20)21)10-14(11-18(19)27)13-6-2-1-3-7-13/h1-9,12,14,20H,10-11H2,(H,23,24,25)/t14-,20+/m0/s1. The molecule has 0 bridgehead atoms. The molecule has 1 aromatic heterocycles. The Kier molecular flexibility index (Phi) is 3.63. The maximum absolute atomic E-state index is 14.6. The van der Waals surface area contributed by atoms with Crippen molar-refractivity contribution in [3.05, 3.63) is 89.1 Å². The summed E-state index contributed by atoms with van der Waals surface area (Å²) in [6.45, 7) is 0. The predicted molar refractivity (Wildman–Crippen MR) is 98.6 cm³/mol. The largest absolute Gasteiger partial charge is 0.328 e. The molecule has 0 saturated heterocycles. The van der Waals surface area contributed by atoms with E-state index in [0.717, 1.165) is 11.3 Å². The van der Waals surface area contributed by atoms with Crippen LogP contribution in [0.15, 0.2) is 72.2 Å². The van der Waals surface area contributed by atoms with Gasteiger partial charge in [0.05, 0.1) is 0 Å². The van der Waals surface area contributed by atoms with Gasteiger partial charge in [-0.15, -0.1) is 0 Å². The monoisotopic (exact) mass is 360 g/mol. The van der Waals surface area contributed by atoms with Gasteiger partial charge < -0.3 is 5.32 Å². The van der Waals surface area contributed by atoms with Gasteiger partial charge in [-0.25, -0.2) is 9.07 Å². The third-order valence-electron chi connectivity index (χ3n) is 5.33. The van der Waals surface area contributed by atoms with Crippen molar-refractivity contribution in [1.29, 1.82) is 0 Å². The number of nitrogens with one attached hydrogen (secondary N) is 1. The maximum atomic E-state index is 14.6. The molecule has 1 aliphatic heterocycles. The lowest BCUT2D eigenvalue weighted by Gasteiger charge is -2.35. The molecule has 134 valence electrons. The Balaban J connectivity index is 1.63. The third kappa shape index (κ3) is 2.56. The second-order valence-electron chi connectivity index (χ2n) is 6.91. The van der Waals surface area contributed by atoms with E-state index in [0.29, 0.717) is 29.9 Å². The number of anilines is 1. The zero-order chi connectivity index (χ0) is 18.4. The van der Waals surface area contributed by atoms with Gasteiger partial charge in [-0.3, -0.25) is 4.79 Å². The van der Waals surface area contributed by atoms with E-state index < -0.39 is 6.04 Å². The van der Waals surface area contributed by atoms with Crippen molar-refractivity contribution < 1.29 is 9.18 Å². The molecule has 3 aromatic rings. The fraction of sp³-hybridized carbons (Fsp3) is 0.190. The number of benzene rings is 2. The van der Waals surface area contributed by atoms with Crippen LogP contribution in [0, 0.1) is 5.82 Å². The number of fused-ring (bicyclic) bond motifs is 1. The van der Waals surface area contributed by atoms with Crippen molar-refractivity contribution in [2.45, 2.75) is 24.8 Å². The zero-order valence-corrected chi connectivity index (χ0v) is 14.5. The van der Waals surface area contributed by atoms with E-state index in [4.69, 9.17) is 0 Å². The summed E-state index contributed by atoms with van der Waals surface area (Å²) in [5.41, 5.74) is 2.97. The Labute approximate surface area is 155 Å². The Morgan fingerprint density at radius 3 is 2.63 bits per heavy atom. The normalized spacial score (nSPS) is 21.4. The molecule has 2 aromatic carbocycles. The first-order valence-corrected chi connectivity index (χ1v) is 8.94. The Bertz CT molecular complexity index is 1060. The van der Waals surface area contributed by atoms with Crippen LogP contribution in [-0.2, 0) is 4.79 Å². The number of allylic oxidation sites excluding steroid dienone is 2. The predicted octanol–water partition coefficient (Wildman–Crippen LogP) is 3.83. The summed E-state index contributed by atoms with van der Waals surface area (Å²) in [6, 6.07) is 16.0. The van der Waals surface area contributed by atoms with Crippen LogP contribution in [0.1, 0.15) is 35.9 Å². The second-order valence-corrected chi connectivity index (χ2v) is 6.91. The molecule has 5 nitrogen and oxygen atoms in total. The summed E-state index contributed by atoms with van der Waals surface area (Å²) in [4.78, 5) is 17.4. The van der Waals surface area contributed by atoms with Gasteiger partial charge in [0.15, 0.2) is 5.78 Å². The molecular formula is C21H17FN4O. The molecule has 2 aliphatic rings. The number of aromatic nitrogens is 3. The number of halogens is 1. The van der Waals surface area contributed by atoms with Gasteiger partial charge in [0.1, 0.15) is 18.2 Å². The SMILES string of the molecule is O=C1C[C@@H](c2ccccc2)CC2=C1[C@@H](c1ccccc1F)n1ncnc1N2. The number of Topliss-reactive ketones (excluding diaryl/α,β-unsaturated/α-hetero) is 1. The Hall–Kier alpha value is -3.28. The molecule has 0 saturated carbocycles. The van der Waals surface area contributed by atoms with Crippen LogP contribution in [-0.4, -0.2) is 20.5 Å². The number of rotatable bonds is 2. The van der Waals surface area contributed by atoms with Crippen molar-refractivity contribution in [3.8, 4) is 0 Å². The van der Waals surface area contributed by atoms with Crippen LogP contribution in [0.3, 0.4) is 0 Å². The average Bonchev–Trinajstić information content (AvgIpc) is 3.16. The van der Waals surface area contributed by atoms with E-state index >= 15 is 0 Å². The maximum Gasteiger partial charge on any atom is 0.226 e. The fourth-order valence-corrected chi connectivity index (χ4v) is 4.10. The number of hydrogen-bond acceptors (Lipinski definition) is 4. The topological polar surface area (TPSA) is 59.8 Å². The summed E-state index contributed by atoms with van der Waals surface area (Å²) in [5.74, 6) is 0.298. The smallest absolute Gasteiger partial charge is 0.226 e. The average molecular weight is 360 g/mol. The van der Waals surface area contributed by atoms with Gasteiger partial charge >= 0.3 is 0 Å². The Morgan fingerprint density at radius 2 is 1.81 bits per heavy atom. The van der Waals surface area contributed by atoms with Gasteiger partial charge in [0, 0.05) is 23.3 Å². The van der Waals surface area contributed by atoms with Crippen LogP contribution in [0.2, 0.25) is 0 Å². The van der Waals surface area contributed by atoms with Gasteiger partial charge in [0.25, 0.3) is 0 Å². The molecule has 2 heterocycles. The first-order valence-electron chi connectivity index (χ1n) is 8.94. The third-order valence-corrected chi connectivity index (χ3v) is 5.33. The summed E-state index contributed by atoms with van der Waals surface area (Å²) < 4.78 is 16.2. The highest BCUT2D eigenvalue weighted by molar-refractivity contribution is 6.00. The fourth-order valence-electron chi connectivity index (χ4n) is 4.10. The van der Waals surface area contributed by atoms with Gasteiger partial charge in [-0.05, 0) is 24.0 Å². The lowest BCUT2D eigenvalue weighted by atomic mass is 9.78. The van der Waals surface area contributed by atoms with Crippen molar-refractivity contribution in [2.24, 2.45) is 0 Å². The summed E-state index contributed by atoms with van der Waals surface area (Å²) in [5, 5.41) is 7.50. The van der Waals surface area contributed by atoms with E-state index in [9.17, 15) is 9.18 Å². The van der Waals surface area contributed by atoms with E-state index in [1.807, 2.05) is 30.3 Å². The van der Waals surface area contributed by atoms with Gasteiger partial charge in [0.2, 0.25) is 5.95 Å². The molecule has 6 heteroatoms. The number of nitrogens with zero attached hydrogens (tertiary/aromatic N) is 3. The minimum atomic E-state index is -0.593. The molecule has 5 rings (SSSR count). The lowest BCUT2D eigenvalue weighted by molar-refractivity contribution is -0.116. The summed E-state index contributed by atoms with van der Waals surface area (Å²) in [7, 11) is 0. The quantitative estimate of drug-likeness (QED) is 0.754. The van der Waals surface area contributed by atoms with E-state index in [1.165, 1.54) is 12.4 Å². The van der Waals surface area contributed by atoms with Crippen LogP contribution in [0.4, 0.5) is 10.3 Å². The zero-order valence-electron chi connectivity index (χ0n) is 14.5. The molecule has 0 spiro atoms. The minimum Gasteiger partial charge on any atom is -0.328 e. The molecule has 0 fully saturated rings. The molecule has 1 aliphatic carbocycles. The molecular weight excluding hydrogens is 343 g/mol. The van der Waals surface area contributed by atoms with E-state index in [1.54, 1.807) is 22.9 Å². The van der Waals surface area contributed by atoms with Crippen LogP contribution in [0.5, 0.6) is 0 Å². The Morgan fingerprint density at radius 1 is 1.04 bits per heavy atom. The highest BCUT2D eigenvalue weighted by atomic mass is 19.1. The van der Waals surface area contributed by atoms with E-state index in [2.05, 4.69) is 15.4 Å². The number of hydrogen-bond donors (Lipinski definition) is 1.